The van der Waals surface area contributed by atoms with Crippen LogP contribution in [0.1, 0.15) is 28.6 Å². The lowest BCUT2D eigenvalue weighted by atomic mass is 10.1. The minimum Gasteiger partial charge on any atom is -0.497 e. The topological polar surface area (TPSA) is 41.1 Å². The number of anilines is 1. The maximum atomic E-state index is 14.4. The minimum atomic E-state index is -0.558. The van der Waals surface area contributed by atoms with Crippen LogP contribution in [0, 0.1) is 18.6 Å². The van der Waals surface area contributed by atoms with E-state index in [1.54, 1.807) is 31.3 Å². The first kappa shape index (κ1) is 18.8. The van der Waals surface area contributed by atoms with Crippen LogP contribution < -0.4 is 9.64 Å². The second-order valence-corrected chi connectivity index (χ2v) is 8.04. The zero-order chi connectivity index (χ0) is 19.7. The van der Waals surface area contributed by atoms with Crippen molar-refractivity contribution in [1.29, 1.82) is 0 Å². The van der Waals surface area contributed by atoms with Gasteiger partial charge in [-0.05, 0) is 37.6 Å². The summed E-state index contributed by atoms with van der Waals surface area (Å²) in [5.74, 6) is -0.307. The molecule has 0 saturated carbocycles. The monoisotopic (exact) mass is 401 g/mol. The molecule has 1 aliphatic rings. The number of aromatic amines is 1. The fraction of sp³-hybridized carbons (Fsp3) is 0.286. The van der Waals surface area contributed by atoms with Gasteiger partial charge in [0.15, 0.2) is 0 Å². The van der Waals surface area contributed by atoms with Crippen molar-refractivity contribution in [2.75, 3.05) is 18.6 Å². The molecule has 1 aromatic heterocycles. The Morgan fingerprint density at radius 1 is 1.25 bits per heavy atom. The molecule has 0 unspecified atom stereocenters. The molecule has 0 aliphatic carbocycles. The van der Waals surface area contributed by atoms with E-state index >= 15 is 0 Å². The summed E-state index contributed by atoms with van der Waals surface area (Å²) in [6.07, 6.45) is 2.43. The highest BCUT2D eigenvalue weighted by Crippen LogP contribution is 2.47. The summed E-state index contributed by atoms with van der Waals surface area (Å²) in [4.78, 5) is 10.8. The Balaban J connectivity index is 1.70. The Hall–Kier alpha value is -2.54. The van der Waals surface area contributed by atoms with Crippen LogP contribution in [0.25, 0.3) is 0 Å². The number of H-pyrrole nitrogens is 1. The molecule has 0 bridgehead atoms. The number of nitrogens with zero attached hydrogens (tertiary/aromatic N) is 2. The number of hydrogen-bond donors (Lipinski definition) is 1. The number of halogens is 2. The Labute approximate surface area is 166 Å². The smallest absolute Gasteiger partial charge is 0.130 e. The number of hydrogen-bond acceptors (Lipinski definition) is 4. The van der Waals surface area contributed by atoms with Crippen molar-refractivity contribution in [2.24, 2.45) is 0 Å². The van der Waals surface area contributed by atoms with Crippen LogP contribution in [-0.4, -0.2) is 23.6 Å². The second kappa shape index (κ2) is 7.83. The molecule has 7 heteroatoms. The zero-order valence-electron chi connectivity index (χ0n) is 15.7. The van der Waals surface area contributed by atoms with E-state index in [1.165, 1.54) is 6.07 Å². The van der Waals surface area contributed by atoms with Gasteiger partial charge in [0.1, 0.15) is 17.4 Å². The molecule has 28 heavy (non-hydrogen) atoms. The van der Waals surface area contributed by atoms with E-state index in [2.05, 4.69) is 14.9 Å². The van der Waals surface area contributed by atoms with Crippen molar-refractivity contribution < 1.29 is 13.5 Å². The molecule has 4 rings (SSSR count). The van der Waals surface area contributed by atoms with Gasteiger partial charge in [-0.15, -0.1) is 11.8 Å². The lowest BCUT2D eigenvalue weighted by Gasteiger charge is -2.24. The van der Waals surface area contributed by atoms with Crippen LogP contribution in [0.4, 0.5) is 14.5 Å². The predicted octanol–water partition coefficient (Wildman–Crippen LogP) is 5.25. The van der Waals surface area contributed by atoms with Crippen molar-refractivity contribution >= 4 is 17.4 Å². The minimum absolute atomic E-state index is 0.114. The molecule has 146 valence electrons. The maximum absolute atomic E-state index is 14.4. The fourth-order valence-electron chi connectivity index (χ4n) is 3.46. The number of methoxy groups -OCH3 is 1. The number of rotatable bonds is 4. The van der Waals surface area contributed by atoms with Gasteiger partial charge in [-0.3, -0.25) is 0 Å². The molecule has 3 aromatic rings. The van der Waals surface area contributed by atoms with Gasteiger partial charge >= 0.3 is 0 Å². The maximum Gasteiger partial charge on any atom is 0.130 e. The third-order valence-corrected chi connectivity index (χ3v) is 6.38. The fourth-order valence-corrected chi connectivity index (χ4v) is 4.81. The van der Waals surface area contributed by atoms with Crippen LogP contribution in [0.5, 0.6) is 5.75 Å². The molecule has 0 spiro atoms. The van der Waals surface area contributed by atoms with Crippen molar-refractivity contribution in [3.63, 3.8) is 0 Å². The van der Waals surface area contributed by atoms with Crippen LogP contribution in [0.3, 0.4) is 0 Å². The van der Waals surface area contributed by atoms with Crippen molar-refractivity contribution in [3.05, 3.63) is 71.3 Å². The van der Waals surface area contributed by atoms with Gasteiger partial charge in [0.25, 0.3) is 0 Å². The highest BCUT2D eigenvalue weighted by Gasteiger charge is 2.26. The van der Waals surface area contributed by atoms with Crippen molar-refractivity contribution in [1.82, 2.24) is 9.97 Å². The van der Waals surface area contributed by atoms with Crippen LogP contribution in [-0.2, 0) is 6.54 Å². The van der Waals surface area contributed by atoms with Gasteiger partial charge in [-0.25, -0.2) is 13.8 Å². The Morgan fingerprint density at radius 2 is 2.11 bits per heavy atom. The van der Waals surface area contributed by atoms with E-state index in [4.69, 9.17) is 4.74 Å². The van der Waals surface area contributed by atoms with E-state index < -0.39 is 11.6 Å². The lowest BCUT2D eigenvalue weighted by molar-refractivity contribution is 0.413. The summed E-state index contributed by atoms with van der Waals surface area (Å²) in [6.45, 7) is 3.40. The number of ether oxygens (including phenoxy) is 1. The molecule has 1 N–H and O–H groups in total. The normalized spacial score (nSPS) is 16.6. The van der Waals surface area contributed by atoms with E-state index in [-0.39, 0.29) is 5.25 Å². The summed E-state index contributed by atoms with van der Waals surface area (Å²) >= 11 is 1.59. The molecular formula is C21H21F2N3OS. The third kappa shape index (κ3) is 3.71. The van der Waals surface area contributed by atoms with Gasteiger partial charge < -0.3 is 14.6 Å². The number of fused-ring (bicyclic) bond motifs is 1. The van der Waals surface area contributed by atoms with E-state index in [0.717, 1.165) is 46.8 Å². The molecule has 1 atom stereocenters. The Morgan fingerprint density at radius 3 is 2.82 bits per heavy atom. The quantitative estimate of drug-likeness (QED) is 0.648. The van der Waals surface area contributed by atoms with Crippen LogP contribution >= 0.6 is 11.8 Å². The third-order valence-electron chi connectivity index (χ3n) is 5.02. The molecule has 0 saturated heterocycles. The van der Waals surface area contributed by atoms with E-state index in [0.29, 0.717) is 12.1 Å². The summed E-state index contributed by atoms with van der Waals surface area (Å²) in [7, 11) is 1.63. The summed E-state index contributed by atoms with van der Waals surface area (Å²) in [5, 5.41) is -0.114. The first-order valence-electron chi connectivity index (χ1n) is 9.08. The number of nitrogens with one attached hydrogen (secondary N) is 1. The standard InChI is InChI=1S/C21H21F2N3OS/c1-13-18(25-12-24-13)11-26-8-7-20(16-5-3-14(22)9-17(16)23)28-21-10-15(27-2)4-6-19(21)26/h3-6,9-10,12,20H,7-8,11H2,1-2H3,(H,24,25)/t20-/m1/s1. The van der Waals surface area contributed by atoms with Gasteiger partial charge in [-0.2, -0.15) is 0 Å². The van der Waals surface area contributed by atoms with Crippen molar-refractivity contribution in [2.45, 2.75) is 30.0 Å². The SMILES string of the molecule is COc1ccc2c(c1)S[C@@H](c1ccc(F)cc1F)CCN2Cc1nc[nH]c1C. The molecule has 0 fully saturated rings. The molecule has 1 aliphatic heterocycles. The summed E-state index contributed by atoms with van der Waals surface area (Å²) in [6, 6.07) is 9.77. The second-order valence-electron chi connectivity index (χ2n) is 6.79. The van der Waals surface area contributed by atoms with Crippen molar-refractivity contribution in [3.8, 4) is 5.75 Å². The number of aryl methyl sites for hydroxylation is 1. The highest BCUT2D eigenvalue weighted by molar-refractivity contribution is 7.99. The van der Waals surface area contributed by atoms with E-state index in [1.807, 2.05) is 25.1 Å². The number of imidazole rings is 1. The molecular weight excluding hydrogens is 380 g/mol. The van der Waals surface area contributed by atoms with E-state index in [9.17, 15) is 8.78 Å². The zero-order valence-corrected chi connectivity index (χ0v) is 16.5. The Bertz CT molecular complexity index is 992. The van der Waals surface area contributed by atoms with Gasteiger partial charge in [-0.1, -0.05) is 6.07 Å². The number of aromatic nitrogens is 2. The predicted molar refractivity (Wildman–Crippen MR) is 107 cm³/mol. The summed E-state index contributed by atoms with van der Waals surface area (Å²) in [5.41, 5.74) is 3.61. The average molecular weight is 401 g/mol. The molecule has 2 aromatic carbocycles. The number of benzene rings is 2. The van der Waals surface area contributed by atoms with Gasteiger partial charge in [0.05, 0.1) is 31.4 Å². The van der Waals surface area contributed by atoms with Crippen LogP contribution in [0.2, 0.25) is 0 Å². The molecule has 0 amide bonds. The van der Waals surface area contributed by atoms with Gasteiger partial charge in [0.2, 0.25) is 0 Å². The summed E-state index contributed by atoms with van der Waals surface area (Å²) < 4.78 is 33.2. The molecule has 2 heterocycles. The first-order valence-corrected chi connectivity index (χ1v) is 9.96. The molecule has 0 radical (unpaired) electrons. The first-order chi connectivity index (χ1) is 13.5. The van der Waals surface area contributed by atoms with Crippen LogP contribution in [0.15, 0.2) is 47.6 Å². The van der Waals surface area contributed by atoms with Gasteiger partial charge in [0, 0.05) is 34.0 Å². The lowest BCUT2D eigenvalue weighted by Crippen LogP contribution is -2.24. The number of thioether (sulfide) groups is 1. The highest BCUT2D eigenvalue weighted by atomic mass is 32.2. The Kier molecular flexibility index (Phi) is 5.26. The molecule has 4 nitrogen and oxygen atoms in total. The largest absolute Gasteiger partial charge is 0.497 e. The average Bonchev–Trinajstić information content (AvgIpc) is 2.99.